The van der Waals surface area contributed by atoms with Crippen molar-refractivity contribution < 1.29 is 19.1 Å². The second kappa shape index (κ2) is 6.93. The lowest BCUT2D eigenvalue weighted by Gasteiger charge is -2.33. The molecule has 0 saturated carbocycles. The van der Waals surface area contributed by atoms with Gasteiger partial charge in [0.25, 0.3) is 5.91 Å². The van der Waals surface area contributed by atoms with E-state index in [9.17, 15) is 14.4 Å². The van der Waals surface area contributed by atoms with Crippen molar-refractivity contribution >= 4 is 29.2 Å². The van der Waals surface area contributed by atoms with Crippen LogP contribution in [-0.4, -0.2) is 24.0 Å². The molecule has 0 saturated heterocycles. The SMILES string of the molecule is C[C@@H](OC(=O)c1cc2c(s1)CC[C@@H](C(C)(C)C)C2)C(=O)NC(N)=O. The molecular formula is C17H24N2O4S. The van der Waals surface area contributed by atoms with Gasteiger partial charge in [-0.15, -0.1) is 11.3 Å². The van der Waals surface area contributed by atoms with Crippen LogP contribution in [0.3, 0.4) is 0 Å². The van der Waals surface area contributed by atoms with E-state index >= 15 is 0 Å². The van der Waals surface area contributed by atoms with E-state index in [1.54, 1.807) is 0 Å². The number of aryl methyl sites for hydroxylation is 1. The predicted octanol–water partition coefficient (Wildman–Crippen LogP) is 2.64. The van der Waals surface area contributed by atoms with Gasteiger partial charge in [0.05, 0.1) is 0 Å². The first-order valence-electron chi connectivity index (χ1n) is 8.00. The molecule has 3 N–H and O–H groups in total. The number of fused-ring (bicyclic) bond motifs is 1. The molecule has 2 rings (SSSR count). The zero-order valence-electron chi connectivity index (χ0n) is 14.5. The molecule has 1 heterocycles. The first-order chi connectivity index (χ1) is 11.1. The second-order valence-corrected chi connectivity index (χ2v) is 8.40. The molecule has 1 aliphatic rings. The molecule has 0 fully saturated rings. The van der Waals surface area contributed by atoms with E-state index in [1.807, 2.05) is 11.4 Å². The lowest BCUT2D eigenvalue weighted by Crippen LogP contribution is -2.42. The Hall–Kier alpha value is -1.89. The van der Waals surface area contributed by atoms with E-state index in [2.05, 4.69) is 20.8 Å². The number of amides is 3. The number of ether oxygens (including phenoxy) is 1. The van der Waals surface area contributed by atoms with Crippen molar-refractivity contribution in [2.24, 2.45) is 17.1 Å². The lowest BCUT2D eigenvalue weighted by atomic mass is 9.72. The summed E-state index contributed by atoms with van der Waals surface area (Å²) in [7, 11) is 0. The minimum absolute atomic E-state index is 0.238. The number of carbonyl (C=O) groups is 3. The number of imide groups is 1. The normalized spacial score (nSPS) is 18.4. The summed E-state index contributed by atoms with van der Waals surface area (Å²) in [5.74, 6) is -0.692. The third kappa shape index (κ3) is 4.35. The number of esters is 1. The molecule has 0 spiro atoms. The molecule has 0 aromatic carbocycles. The number of carbonyl (C=O) groups excluding carboxylic acids is 3. The topological polar surface area (TPSA) is 98.5 Å². The summed E-state index contributed by atoms with van der Waals surface area (Å²) in [6, 6.07) is 0.904. The largest absolute Gasteiger partial charge is 0.448 e. The summed E-state index contributed by atoms with van der Waals surface area (Å²) in [6.45, 7) is 8.12. The average Bonchev–Trinajstić information content (AvgIpc) is 2.88. The highest BCUT2D eigenvalue weighted by Gasteiger charge is 2.31. The van der Waals surface area contributed by atoms with Crippen LogP contribution in [0.25, 0.3) is 0 Å². The molecule has 132 valence electrons. The Bertz CT molecular complexity index is 660. The van der Waals surface area contributed by atoms with E-state index in [4.69, 9.17) is 10.5 Å². The lowest BCUT2D eigenvalue weighted by molar-refractivity contribution is -0.127. The van der Waals surface area contributed by atoms with Crippen molar-refractivity contribution in [3.05, 3.63) is 21.4 Å². The Balaban J connectivity index is 2.04. The van der Waals surface area contributed by atoms with Crippen molar-refractivity contribution in [3.8, 4) is 0 Å². The Morgan fingerprint density at radius 1 is 1.38 bits per heavy atom. The molecule has 6 nitrogen and oxygen atoms in total. The molecule has 1 aliphatic carbocycles. The molecule has 0 aliphatic heterocycles. The summed E-state index contributed by atoms with van der Waals surface area (Å²) in [6.07, 6.45) is 1.96. The fourth-order valence-electron chi connectivity index (χ4n) is 2.86. The van der Waals surface area contributed by atoms with Gasteiger partial charge in [0.1, 0.15) is 4.88 Å². The van der Waals surface area contributed by atoms with Crippen LogP contribution in [0.2, 0.25) is 0 Å². The van der Waals surface area contributed by atoms with E-state index < -0.39 is 24.0 Å². The quantitative estimate of drug-likeness (QED) is 0.817. The summed E-state index contributed by atoms with van der Waals surface area (Å²) < 4.78 is 5.12. The van der Waals surface area contributed by atoms with Crippen molar-refractivity contribution in [1.29, 1.82) is 0 Å². The number of nitrogens with one attached hydrogen (secondary N) is 1. The van der Waals surface area contributed by atoms with Crippen LogP contribution < -0.4 is 11.1 Å². The number of thiophene rings is 1. The van der Waals surface area contributed by atoms with Gasteiger partial charge >= 0.3 is 12.0 Å². The highest BCUT2D eigenvalue weighted by molar-refractivity contribution is 7.14. The van der Waals surface area contributed by atoms with Crippen LogP contribution in [0.1, 0.15) is 54.2 Å². The minimum Gasteiger partial charge on any atom is -0.448 e. The van der Waals surface area contributed by atoms with Crippen molar-refractivity contribution in [3.63, 3.8) is 0 Å². The maximum absolute atomic E-state index is 12.2. The molecule has 7 heteroatoms. The smallest absolute Gasteiger partial charge is 0.349 e. The van der Waals surface area contributed by atoms with Crippen molar-refractivity contribution in [1.82, 2.24) is 5.32 Å². The fourth-order valence-corrected chi connectivity index (χ4v) is 3.95. The third-order valence-electron chi connectivity index (χ3n) is 4.41. The van der Waals surface area contributed by atoms with Crippen LogP contribution >= 0.6 is 11.3 Å². The molecule has 0 bridgehead atoms. The number of hydrogen-bond acceptors (Lipinski definition) is 5. The standard InChI is InChI=1S/C17H24N2O4S/c1-9(14(20)19-16(18)22)23-15(21)13-8-10-7-11(17(2,3)4)5-6-12(10)24-13/h8-9,11H,5-7H2,1-4H3,(H3,18,19,20,22)/t9-,11-/m1/s1. The summed E-state index contributed by atoms with van der Waals surface area (Å²) >= 11 is 1.43. The first-order valence-corrected chi connectivity index (χ1v) is 8.82. The van der Waals surface area contributed by atoms with E-state index in [0.717, 1.165) is 19.3 Å². The molecule has 0 unspecified atom stereocenters. The summed E-state index contributed by atoms with van der Waals surface area (Å²) in [4.78, 5) is 36.2. The predicted molar refractivity (Wildman–Crippen MR) is 91.9 cm³/mol. The molecule has 24 heavy (non-hydrogen) atoms. The van der Waals surface area contributed by atoms with Gasteiger partial charge in [-0.2, -0.15) is 0 Å². The Morgan fingerprint density at radius 2 is 2.04 bits per heavy atom. The molecular weight excluding hydrogens is 328 g/mol. The highest BCUT2D eigenvalue weighted by Crippen LogP contribution is 2.40. The van der Waals surface area contributed by atoms with Gasteiger partial charge in [0, 0.05) is 4.88 Å². The molecule has 1 aromatic heterocycles. The van der Waals surface area contributed by atoms with Gasteiger partial charge in [-0.3, -0.25) is 10.1 Å². The summed E-state index contributed by atoms with van der Waals surface area (Å²) in [5, 5.41) is 1.90. The Labute approximate surface area is 145 Å². The van der Waals surface area contributed by atoms with Crippen molar-refractivity contribution in [2.45, 2.75) is 53.1 Å². The number of primary amides is 1. The number of hydrogen-bond donors (Lipinski definition) is 2. The summed E-state index contributed by atoms with van der Waals surface area (Å²) in [5.41, 5.74) is 6.32. The fraction of sp³-hybridized carbons (Fsp3) is 0.588. The zero-order chi connectivity index (χ0) is 18.1. The van der Waals surface area contributed by atoms with Crippen LogP contribution in [0.15, 0.2) is 6.07 Å². The average molecular weight is 352 g/mol. The molecule has 1 aromatic rings. The minimum atomic E-state index is -1.08. The van der Waals surface area contributed by atoms with Crippen LogP contribution in [-0.2, 0) is 22.4 Å². The second-order valence-electron chi connectivity index (χ2n) is 7.27. The van der Waals surface area contributed by atoms with Gasteiger partial charge in [-0.1, -0.05) is 20.8 Å². The van der Waals surface area contributed by atoms with Gasteiger partial charge in [-0.05, 0) is 49.1 Å². The van der Waals surface area contributed by atoms with Crippen LogP contribution in [0.4, 0.5) is 4.79 Å². The van der Waals surface area contributed by atoms with E-state index in [1.165, 1.54) is 28.7 Å². The first kappa shape index (κ1) is 18.4. The zero-order valence-corrected chi connectivity index (χ0v) is 15.3. The maximum Gasteiger partial charge on any atom is 0.349 e. The number of nitrogens with two attached hydrogens (primary N) is 1. The van der Waals surface area contributed by atoms with Gasteiger partial charge in [0.2, 0.25) is 0 Å². The van der Waals surface area contributed by atoms with Gasteiger partial charge < -0.3 is 10.5 Å². The third-order valence-corrected chi connectivity index (χ3v) is 5.63. The van der Waals surface area contributed by atoms with Crippen molar-refractivity contribution in [2.75, 3.05) is 0 Å². The van der Waals surface area contributed by atoms with Gasteiger partial charge in [0.15, 0.2) is 6.10 Å². The van der Waals surface area contributed by atoms with Crippen LogP contribution in [0.5, 0.6) is 0 Å². The highest BCUT2D eigenvalue weighted by atomic mass is 32.1. The van der Waals surface area contributed by atoms with Gasteiger partial charge in [-0.25, -0.2) is 9.59 Å². The van der Waals surface area contributed by atoms with E-state index in [0.29, 0.717) is 10.8 Å². The molecule has 0 radical (unpaired) electrons. The molecule has 3 amide bonds. The number of urea groups is 1. The Kier molecular flexibility index (Phi) is 5.32. The Morgan fingerprint density at radius 3 is 2.62 bits per heavy atom. The van der Waals surface area contributed by atoms with E-state index in [-0.39, 0.29) is 5.41 Å². The number of rotatable bonds is 3. The monoisotopic (exact) mass is 352 g/mol. The van der Waals surface area contributed by atoms with Crippen LogP contribution in [0, 0.1) is 11.3 Å². The maximum atomic E-state index is 12.2. The molecule has 2 atom stereocenters.